The first-order valence-corrected chi connectivity index (χ1v) is 8.33. The number of nitrogens with two attached hydrogens (primary N) is 1. The molecular weight excluding hydrogens is 289 g/mol. The SMILES string of the molecule is CC1SCC(C(N)c2ccc(Cl)cc2F)SC1C. The molecule has 5 heteroatoms. The first-order valence-electron chi connectivity index (χ1n) is 5.96. The van der Waals surface area contributed by atoms with Gasteiger partial charge in [-0.25, -0.2) is 4.39 Å². The van der Waals surface area contributed by atoms with Crippen molar-refractivity contribution in [2.45, 2.75) is 35.6 Å². The van der Waals surface area contributed by atoms with Crippen molar-refractivity contribution in [3.8, 4) is 0 Å². The smallest absolute Gasteiger partial charge is 0.129 e. The van der Waals surface area contributed by atoms with Crippen LogP contribution in [0.2, 0.25) is 5.02 Å². The number of halogens is 2. The molecular formula is C13H17ClFNS2. The van der Waals surface area contributed by atoms with E-state index in [1.54, 1.807) is 12.1 Å². The van der Waals surface area contributed by atoms with Crippen LogP contribution in [0.4, 0.5) is 4.39 Å². The van der Waals surface area contributed by atoms with Crippen molar-refractivity contribution in [1.29, 1.82) is 0 Å². The van der Waals surface area contributed by atoms with E-state index in [2.05, 4.69) is 13.8 Å². The van der Waals surface area contributed by atoms with Gasteiger partial charge in [-0.3, -0.25) is 0 Å². The number of hydrogen-bond acceptors (Lipinski definition) is 3. The Labute approximate surface area is 121 Å². The monoisotopic (exact) mass is 305 g/mol. The largest absolute Gasteiger partial charge is 0.323 e. The summed E-state index contributed by atoms with van der Waals surface area (Å²) >= 11 is 9.54. The van der Waals surface area contributed by atoms with E-state index in [9.17, 15) is 4.39 Å². The molecule has 1 fully saturated rings. The van der Waals surface area contributed by atoms with E-state index >= 15 is 0 Å². The van der Waals surface area contributed by atoms with E-state index < -0.39 is 0 Å². The van der Waals surface area contributed by atoms with Gasteiger partial charge in [0.15, 0.2) is 0 Å². The summed E-state index contributed by atoms with van der Waals surface area (Å²) in [6.45, 7) is 4.44. The molecule has 1 nitrogen and oxygen atoms in total. The van der Waals surface area contributed by atoms with Crippen molar-refractivity contribution in [2.75, 3.05) is 5.75 Å². The van der Waals surface area contributed by atoms with Crippen LogP contribution in [-0.4, -0.2) is 21.5 Å². The summed E-state index contributed by atoms with van der Waals surface area (Å²) < 4.78 is 13.8. The summed E-state index contributed by atoms with van der Waals surface area (Å²) in [6, 6.07) is 4.47. The molecule has 0 radical (unpaired) electrons. The van der Waals surface area contributed by atoms with Crippen molar-refractivity contribution < 1.29 is 4.39 Å². The van der Waals surface area contributed by atoms with E-state index in [1.165, 1.54) is 6.07 Å². The lowest BCUT2D eigenvalue weighted by Gasteiger charge is -2.34. The molecule has 1 aliphatic rings. The van der Waals surface area contributed by atoms with Crippen molar-refractivity contribution in [3.63, 3.8) is 0 Å². The second kappa shape index (κ2) is 6.04. The van der Waals surface area contributed by atoms with Gasteiger partial charge in [0.05, 0.1) is 0 Å². The zero-order valence-corrected chi connectivity index (χ0v) is 12.8. The second-order valence-electron chi connectivity index (χ2n) is 4.61. The maximum atomic E-state index is 13.8. The van der Waals surface area contributed by atoms with Crippen LogP contribution in [0.15, 0.2) is 18.2 Å². The van der Waals surface area contributed by atoms with Crippen molar-refractivity contribution >= 4 is 35.1 Å². The molecule has 0 saturated carbocycles. The quantitative estimate of drug-likeness (QED) is 0.890. The fourth-order valence-electron chi connectivity index (χ4n) is 1.97. The van der Waals surface area contributed by atoms with Crippen LogP contribution in [-0.2, 0) is 0 Å². The van der Waals surface area contributed by atoms with Gasteiger partial charge in [-0.15, -0.1) is 0 Å². The molecule has 0 spiro atoms. The molecule has 4 unspecified atom stereocenters. The first-order chi connectivity index (χ1) is 8.49. The molecule has 100 valence electrons. The highest BCUT2D eigenvalue weighted by Gasteiger charge is 2.31. The molecule has 2 N–H and O–H groups in total. The van der Waals surface area contributed by atoms with Gasteiger partial charge in [0.25, 0.3) is 0 Å². The maximum absolute atomic E-state index is 13.8. The van der Waals surface area contributed by atoms with Crippen LogP contribution in [0, 0.1) is 5.82 Å². The predicted molar refractivity (Wildman–Crippen MR) is 81.1 cm³/mol. The molecule has 1 aliphatic heterocycles. The van der Waals surface area contributed by atoms with Crippen LogP contribution < -0.4 is 5.73 Å². The average Bonchev–Trinajstić information content (AvgIpc) is 2.32. The molecule has 2 rings (SSSR count). The molecule has 1 aromatic carbocycles. The molecule has 0 aliphatic carbocycles. The van der Waals surface area contributed by atoms with Crippen molar-refractivity contribution in [3.05, 3.63) is 34.6 Å². The third-order valence-electron chi connectivity index (χ3n) is 3.30. The lowest BCUT2D eigenvalue weighted by atomic mass is 10.0. The molecule has 0 amide bonds. The van der Waals surface area contributed by atoms with Crippen LogP contribution in [0.1, 0.15) is 25.5 Å². The summed E-state index contributed by atoms with van der Waals surface area (Å²) in [6.07, 6.45) is 0. The fraction of sp³-hybridized carbons (Fsp3) is 0.538. The molecule has 1 heterocycles. The van der Waals surface area contributed by atoms with Crippen molar-refractivity contribution in [1.82, 2.24) is 0 Å². The Kier molecular flexibility index (Phi) is 4.86. The molecule has 4 atom stereocenters. The highest BCUT2D eigenvalue weighted by molar-refractivity contribution is 8.07. The summed E-state index contributed by atoms with van der Waals surface area (Å²) in [7, 11) is 0. The Morgan fingerprint density at radius 3 is 2.72 bits per heavy atom. The lowest BCUT2D eigenvalue weighted by Crippen LogP contribution is -2.34. The third kappa shape index (κ3) is 3.16. The van der Waals surface area contributed by atoms with E-state index in [0.717, 1.165) is 5.75 Å². The van der Waals surface area contributed by atoms with Gasteiger partial charge in [0.1, 0.15) is 5.82 Å². The van der Waals surface area contributed by atoms with Gasteiger partial charge in [-0.1, -0.05) is 31.5 Å². The van der Waals surface area contributed by atoms with E-state index in [4.69, 9.17) is 17.3 Å². The molecule has 0 aromatic heterocycles. The molecule has 0 bridgehead atoms. The van der Waals surface area contributed by atoms with Gasteiger partial charge in [0, 0.05) is 38.1 Å². The highest BCUT2D eigenvalue weighted by Crippen LogP contribution is 2.40. The van der Waals surface area contributed by atoms with Gasteiger partial charge in [0.2, 0.25) is 0 Å². The van der Waals surface area contributed by atoms with Gasteiger partial charge >= 0.3 is 0 Å². The number of benzene rings is 1. The average molecular weight is 306 g/mol. The maximum Gasteiger partial charge on any atom is 0.129 e. The Hall–Kier alpha value is 0.1000. The molecule has 1 saturated heterocycles. The summed E-state index contributed by atoms with van der Waals surface area (Å²) in [5, 5.41) is 1.86. The minimum absolute atomic E-state index is 0.261. The van der Waals surface area contributed by atoms with Gasteiger partial charge < -0.3 is 5.73 Å². The summed E-state index contributed by atoms with van der Waals surface area (Å²) in [4.78, 5) is 0. The van der Waals surface area contributed by atoms with E-state index in [-0.39, 0.29) is 17.1 Å². The van der Waals surface area contributed by atoms with Gasteiger partial charge in [-0.2, -0.15) is 23.5 Å². The van der Waals surface area contributed by atoms with Crippen LogP contribution in [0.25, 0.3) is 0 Å². The first kappa shape index (κ1) is 14.5. The molecule has 1 aromatic rings. The Bertz CT molecular complexity index is 429. The Balaban J connectivity index is 2.13. The molecule has 18 heavy (non-hydrogen) atoms. The standard InChI is InChI=1S/C13H17ClFNS2/c1-7-8(2)18-12(6-17-7)13(16)10-4-3-9(14)5-11(10)15/h3-5,7-8,12-13H,6,16H2,1-2H3. The predicted octanol–water partition coefficient (Wildman–Crippen LogP) is 4.10. The minimum Gasteiger partial charge on any atom is -0.323 e. The number of hydrogen-bond donors (Lipinski definition) is 1. The van der Waals surface area contributed by atoms with Crippen LogP contribution >= 0.6 is 35.1 Å². The zero-order chi connectivity index (χ0) is 13.3. The van der Waals surface area contributed by atoms with Crippen molar-refractivity contribution in [2.24, 2.45) is 5.73 Å². The number of rotatable bonds is 2. The Morgan fingerprint density at radius 1 is 1.39 bits per heavy atom. The Morgan fingerprint density at radius 2 is 2.11 bits per heavy atom. The second-order valence-corrected chi connectivity index (χ2v) is 8.08. The van der Waals surface area contributed by atoms with E-state index in [0.29, 0.717) is 21.1 Å². The topological polar surface area (TPSA) is 26.0 Å². The van der Waals surface area contributed by atoms with Crippen LogP contribution in [0.5, 0.6) is 0 Å². The van der Waals surface area contributed by atoms with E-state index in [1.807, 2.05) is 23.5 Å². The summed E-state index contributed by atoms with van der Waals surface area (Å²) in [5.74, 6) is 0.672. The number of thioether (sulfide) groups is 2. The zero-order valence-electron chi connectivity index (χ0n) is 10.4. The fourth-order valence-corrected chi connectivity index (χ4v) is 5.17. The van der Waals surface area contributed by atoms with Gasteiger partial charge in [-0.05, 0) is 12.1 Å². The third-order valence-corrected chi connectivity index (χ3v) is 7.05. The minimum atomic E-state index is -0.299. The highest BCUT2D eigenvalue weighted by atomic mass is 35.5. The lowest BCUT2D eigenvalue weighted by molar-refractivity contribution is 0.579. The van der Waals surface area contributed by atoms with Crippen LogP contribution in [0.3, 0.4) is 0 Å². The summed E-state index contributed by atoms with van der Waals surface area (Å²) in [5.41, 5.74) is 6.78. The normalized spacial score (nSPS) is 30.2.